The molecule has 0 radical (unpaired) electrons. The number of carbonyl (C=O) groups is 1. The number of hydrogen-bond acceptors (Lipinski definition) is 6. The van der Waals surface area contributed by atoms with E-state index in [9.17, 15) is 18.3 Å². The molecule has 0 atom stereocenters. The summed E-state index contributed by atoms with van der Waals surface area (Å²) in [6, 6.07) is 10.4. The predicted molar refractivity (Wildman–Crippen MR) is 98.4 cm³/mol. The van der Waals surface area contributed by atoms with E-state index in [0.29, 0.717) is 31.1 Å². The molecule has 146 valence electrons. The number of hydrogen-bond donors (Lipinski definition) is 1. The molecular formula is C19H22NO6S-. The Morgan fingerprint density at radius 1 is 1.00 bits per heavy atom. The summed E-state index contributed by atoms with van der Waals surface area (Å²) < 4.78 is 38.2. The van der Waals surface area contributed by atoms with Gasteiger partial charge in [0, 0.05) is 6.54 Å². The van der Waals surface area contributed by atoms with E-state index in [1.807, 2.05) is 26.0 Å². The Kier molecular flexibility index (Phi) is 7.20. The van der Waals surface area contributed by atoms with Crippen LogP contribution in [0.25, 0.3) is 0 Å². The first-order chi connectivity index (χ1) is 12.9. The highest BCUT2D eigenvalue weighted by atomic mass is 32.2. The Morgan fingerprint density at radius 2 is 1.63 bits per heavy atom. The van der Waals surface area contributed by atoms with Gasteiger partial charge in [-0.05, 0) is 55.7 Å². The predicted octanol–water partition coefficient (Wildman–Crippen LogP) is 1.37. The molecule has 0 saturated carbocycles. The van der Waals surface area contributed by atoms with Crippen molar-refractivity contribution in [2.24, 2.45) is 0 Å². The van der Waals surface area contributed by atoms with Crippen molar-refractivity contribution in [2.45, 2.75) is 25.2 Å². The fourth-order valence-electron chi connectivity index (χ4n) is 2.43. The normalized spacial score (nSPS) is 11.2. The summed E-state index contributed by atoms with van der Waals surface area (Å²) in [4.78, 5) is 10.7. The van der Waals surface area contributed by atoms with E-state index >= 15 is 0 Å². The average molecular weight is 392 g/mol. The highest BCUT2D eigenvalue weighted by Crippen LogP contribution is 2.28. The van der Waals surface area contributed by atoms with E-state index in [4.69, 9.17) is 9.47 Å². The van der Waals surface area contributed by atoms with E-state index in [-0.39, 0.29) is 17.0 Å². The largest absolute Gasteiger partial charge is 0.545 e. The minimum absolute atomic E-state index is 0.00537. The van der Waals surface area contributed by atoms with Crippen LogP contribution >= 0.6 is 0 Å². The van der Waals surface area contributed by atoms with Gasteiger partial charge in [-0.25, -0.2) is 13.1 Å². The second-order valence-corrected chi connectivity index (χ2v) is 7.37. The number of nitrogens with one attached hydrogen (secondary N) is 1. The maximum absolute atomic E-state index is 12.3. The fraction of sp³-hybridized carbons (Fsp3) is 0.316. The summed E-state index contributed by atoms with van der Waals surface area (Å²) >= 11 is 0. The van der Waals surface area contributed by atoms with Crippen LogP contribution in [0.15, 0.2) is 47.4 Å². The van der Waals surface area contributed by atoms with Crippen molar-refractivity contribution >= 4 is 16.0 Å². The second kappa shape index (κ2) is 9.38. The molecule has 2 aromatic rings. The van der Waals surface area contributed by atoms with Crippen LogP contribution in [0.4, 0.5) is 0 Å². The molecule has 0 unspecified atom stereocenters. The summed E-state index contributed by atoms with van der Waals surface area (Å²) in [5, 5.41) is 10.7. The number of benzene rings is 2. The molecule has 0 aliphatic heterocycles. The minimum Gasteiger partial charge on any atom is -0.545 e. The van der Waals surface area contributed by atoms with Gasteiger partial charge in [-0.1, -0.05) is 18.2 Å². The van der Waals surface area contributed by atoms with E-state index in [0.717, 1.165) is 5.56 Å². The van der Waals surface area contributed by atoms with Crippen molar-refractivity contribution in [3.05, 3.63) is 53.6 Å². The van der Waals surface area contributed by atoms with Crippen LogP contribution < -0.4 is 19.3 Å². The van der Waals surface area contributed by atoms with Gasteiger partial charge in [0.2, 0.25) is 10.0 Å². The Bertz CT molecular complexity index is 878. The number of sulfonamides is 1. The Morgan fingerprint density at radius 3 is 2.22 bits per heavy atom. The number of rotatable bonds is 10. The molecular weight excluding hydrogens is 370 g/mol. The van der Waals surface area contributed by atoms with Crippen molar-refractivity contribution in [3.8, 4) is 11.5 Å². The number of carbonyl (C=O) groups excluding carboxylic acids is 1. The van der Waals surface area contributed by atoms with Crippen LogP contribution in [-0.4, -0.2) is 34.1 Å². The third-order valence-corrected chi connectivity index (χ3v) is 5.19. The zero-order valence-corrected chi connectivity index (χ0v) is 16.0. The SMILES string of the molecule is CCOc1ccc(CCNS(=O)(=O)c2ccc(C(=O)[O-])cc2)cc1OCC. The Hall–Kier alpha value is -2.58. The Labute approximate surface area is 159 Å². The molecule has 2 rings (SSSR count). The molecule has 0 aliphatic carbocycles. The smallest absolute Gasteiger partial charge is 0.240 e. The molecule has 0 aliphatic rings. The molecule has 0 heterocycles. The summed E-state index contributed by atoms with van der Waals surface area (Å²) in [7, 11) is -3.73. The molecule has 2 aromatic carbocycles. The van der Waals surface area contributed by atoms with Crippen molar-refractivity contribution in [1.29, 1.82) is 0 Å². The van der Waals surface area contributed by atoms with E-state index in [2.05, 4.69) is 4.72 Å². The summed E-state index contributed by atoms with van der Waals surface area (Å²) in [6.07, 6.45) is 0.461. The van der Waals surface area contributed by atoms with Gasteiger partial charge in [0.05, 0.1) is 24.1 Å². The monoisotopic (exact) mass is 392 g/mol. The zero-order valence-electron chi connectivity index (χ0n) is 15.2. The number of aromatic carboxylic acids is 1. The summed E-state index contributed by atoms with van der Waals surface area (Å²) in [6.45, 7) is 4.97. The zero-order chi connectivity index (χ0) is 19.9. The third kappa shape index (κ3) is 5.70. The van der Waals surface area contributed by atoms with Crippen LogP contribution in [-0.2, 0) is 16.4 Å². The van der Waals surface area contributed by atoms with Crippen LogP contribution in [0.3, 0.4) is 0 Å². The first-order valence-electron chi connectivity index (χ1n) is 8.57. The van der Waals surface area contributed by atoms with Gasteiger partial charge >= 0.3 is 0 Å². The second-order valence-electron chi connectivity index (χ2n) is 5.61. The van der Waals surface area contributed by atoms with Gasteiger partial charge in [-0.3, -0.25) is 0 Å². The van der Waals surface area contributed by atoms with Crippen LogP contribution in [0.2, 0.25) is 0 Å². The van der Waals surface area contributed by atoms with Crippen molar-refractivity contribution < 1.29 is 27.8 Å². The van der Waals surface area contributed by atoms with Crippen LogP contribution in [0.5, 0.6) is 11.5 Å². The van der Waals surface area contributed by atoms with E-state index < -0.39 is 16.0 Å². The maximum Gasteiger partial charge on any atom is 0.240 e. The molecule has 8 heteroatoms. The number of ether oxygens (including phenoxy) is 2. The quantitative estimate of drug-likeness (QED) is 0.655. The molecule has 0 bridgehead atoms. The van der Waals surface area contributed by atoms with E-state index in [1.54, 1.807) is 6.07 Å². The minimum atomic E-state index is -3.73. The van der Waals surface area contributed by atoms with Crippen molar-refractivity contribution in [2.75, 3.05) is 19.8 Å². The van der Waals surface area contributed by atoms with E-state index in [1.165, 1.54) is 24.3 Å². The average Bonchev–Trinajstić information content (AvgIpc) is 2.64. The topological polar surface area (TPSA) is 105 Å². The molecule has 0 spiro atoms. The lowest BCUT2D eigenvalue weighted by atomic mass is 10.1. The molecule has 0 saturated heterocycles. The standard InChI is InChI=1S/C19H23NO6S/c1-3-25-17-10-5-14(13-18(17)26-4-2)11-12-20-27(23,24)16-8-6-15(7-9-16)19(21)22/h5-10,13,20H,3-4,11-12H2,1-2H3,(H,21,22)/p-1. The molecule has 0 fully saturated rings. The lowest BCUT2D eigenvalue weighted by Gasteiger charge is -2.13. The summed E-state index contributed by atoms with van der Waals surface area (Å²) in [5.74, 6) is -0.0817. The Balaban J connectivity index is 2.02. The molecule has 0 aromatic heterocycles. The summed E-state index contributed by atoms with van der Waals surface area (Å²) in [5.41, 5.74) is 0.823. The van der Waals surface area contributed by atoms with Crippen LogP contribution in [0, 0.1) is 0 Å². The highest BCUT2D eigenvalue weighted by molar-refractivity contribution is 7.89. The molecule has 1 N–H and O–H groups in total. The lowest BCUT2D eigenvalue weighted by Crippen LogP contribution is -2.26. The molecule has 7 nitrogen and oxygen atoms in total. The van der Waals surface area contributed by atoms with Gasteiger partial charge < -0.3 is 19.4 Å². The maximum atomic E-state index is 12.3. The fourth-order valence-corrected chi connectivity index (χ4v) is 3.47. The van der Waals surface area contributed by atoms with Gasteiger partial charge in [-0.15, -0.1) is 0 Å². The van der Waals surface area contributed by atoms with Crippen LogP contribution in [0.1, 0.15) is 29.8 Å². The van der Waals surface area contributed by atoms with Gasteiger partial charge in [0.15, 0.2) is 11.5 Å². The van der Waals surface area contributed by atoms with Gasteiger partial charge in [-0.2, -0.15) is 0 Å². The lowest BCUT2D eigenvalue weighted by molar-refractivity contribution is -0.255. The van der Waals surface area contributed by atoms with Crippen molar-refractivity contribution in [3.63, 3.8) is 0 Å². The molecule has 27 heavy (non-hydrogen) atoms. The number of carboxylic acids is 1. The first-order valence-corrected chi connectivity index (χ1v) is 10.0. The van der Waals surface area contributed by atoms with Gasteiger partial charge in [0.1, 0.15) is 0 Å². The molecule has 0 amide bonds. The van der Waals surface area contributed by atoms with Crippen molar-refractivity contribution in [1.82, 2.24) is 4.72 Å². The number of carboxylic acid groups (broad SMARTS) is 1. The first kappa shape index (κ1) is 20.7. The van der Waals surface area contributed by atoms with Gasteiger partial charge in [0.25, 0.3) is 0 Å². The third-order valence-electron chi connectivity index (χ3n) is 3.71. The highest BCUT2D eigenvalue weighted by Gasteiger charge is 2.14.